The van der Waals surface area contributed by atoms with Gasteiger partial charge in [-0.05, 0) is 53.9 Å². The van der Waals surface area contributed by atoms with Crippen LogP contribution in [0, 0.1) is 0 Å². The number of hydrogen-bond acceptors (Lipinski definition) is 5. The van der Waals surface area contributed by atoms with E-state index in [-0.39, 0.29) is 17.9 Å². The van der Waals surface area contributed by atoms with Gasteiger partial charge in [-0.15, -0.1) is 0 Å². The Kier molecular flexibility index (Phi) is 8.06. The standard InChI is InChI=1S/C30H31NO5/c1-3-4-8-18-36-24-16-14-23(15-17-24)28(32)26-27(22-11-6-5-7-12-22)31(30(34)29(26)33)20-21-10-9-13-25(19-21)35-2/h5-7,9-17,19,27,32H,3-4,8,18,20H2,1-2H3/b28-26-. The number of carbonyl (C=O) groups excluding carboxylic acids is 2. The lowest BCUT2D eigenvalue weighted by molar-refractivity contribution is -0.140. The van der Waals surface area contributed by atoms with Crippen LogP contribution in [0.15, 0.2) is 84.4 Å². The van der Waals surface area contributed by atoms with Gasteiger partial charge in [0.2, 0.25) is 0 Å². The van der Waals surface area contributed by atoms with E-state index < -0.39 is 17.7 Å². The number of ketones is 1. The maximum atomic E-state index is 13.2. The molecule has 1 unspecified atom stereocenters. The first kappa shape index (κ1) is 25.0. The number of unbranched alkanes of at least 4 members (excludes halogenated alkanes) is 2. The van der Waals surface area contributed by atoms with Crippen molar-refractivity contribution >= 4 is 17.4 Å². The van der Waals surface area contributed by atoms with Crippen molar-refractivity contribution in [2.45, 2.75) is 38.8 Å². The lowest BCUT2D eigenvalue weighted by atomic mass is 9.95. The fourth-order valence-corrected chi connectivity index (χ4v) is 4.40. The minimum atomic E-state index is -0.720. The Bertz CT molecular complexity index is 1230. The van der Waals surface area contributed by atoms with Gasteiger partial charge in [0.05, 0.1) is 25.3 Å². The van der Waals surface area contributed by atoms with Crippen molar-refractivity contribution < 1.29 is 24.2 Å². The first-order valence-electron chi connectivity index (χ1n) is 12.2. The molecule has 0 saturated carbocycles. The highest BCUT2D eigenvalue weighted by Crippen LogP contribution is 2.40. The number of nitrogens with zero attached hydrogens (tertiary/aromatic N) is 1. The smallest absolute Gasteiger partial charge is 0.295 e. The number of hydrogen-bond donors (Lipinski definition) is 1. The van der Waals surface area contributed by atoms with Crippen LogP contribution < -0.4 is 9.47 Å². The molecule has 36 heavy (non-hydrogen) atoms. The Labute approximate surface area is 211 Å². The van der Waals surface area contributed by atoms with Gasteiger partial charge in [-0.3, -0.25) is 9.59 Å². The lowest BCUT2D eigenvalue weighted by Gasteiger charge is -2.25. The van der Waals surface area contributed by atoms with Crippen molar-refractivity contribution in [3.05, 3.63) is 101 Å². The third kappa shape index (κ3) is 5.43. The maximum absolute atomic E-state index is 13.2. The fraction of sp³-hybridized carbons (Fsp3) is 0.267. The van der Waals surface area contributed by atoms with E-state index in [1.54, 1.807) is 31.4 Å². The first-order valence-corrected chi connectivity index (χ1v) is 12.2. The normalized spacial score (nSPS) is 16.8. The molecule has 1 atom stereocenters. The van der Waals surface area contributed by atoms with Gasteiger partial charge in [-0.1, -0.05) is 62.2 Å². The molecule has 1 amide bonds. The van der Waals surface area contributed by atoms with E-state index in [4.69, 9.17) is 9.47 Å². The van der Waals surface area contributed by atoms with Gasteiger partial charge < -0.3 is 19.5 Å². The Morgan fingerprint density at radius 1 is 0.917 bits per heavy atom. The molecule has 186 valence electrons. The van der Waals surface area contributed by atoms with E-state index in [0.29, 0.717) is 23.7 Å². The average Bonchev–Trinajstić information content (AvgIpc) is 3.16. The molecule has 0 aromatic heterocycles. The van der Waals surface area contributed by atoms with Gasteiger partial charge in [0.15, 0.2) is 0 Å². The number of aliphatic hydroxyl groups is 1. The molecular weight excluding hydrogens is 454 g/mol. The predicted octanol–water partition coefficient (Wildman–Crippen LogP) is 5.89. The molecule has 1 saturated heterocycles. The first-order chi connectivity index (χ1) is 17.5. The molecule has 1 fully saturated rings. The van der Waals surface area contributed by atoms with Gasteiger partial charge in [-0.2, -0.15) is 0 Å². The minimum Gasteiger partial charge on any atom is -0.507 e. The van der Waals surface area contributed by atoms with Gasteiger partial charge in [0, 0.05) is 12.1 Å². The summed E-state index contributed by atoms with van der Waals surface area (Å²) in [6, 6.07) is 22.9. The summed E-state index contributed by atoms with van der Waals surface area (Å²) in [5, 5.41) is 11.3. The Morgan fingerprint density at radius 2 is 1.67 bits per heavy atom. The number of aliphatic hydroxyl groups excluding tert-OH is 1. The molecule has 0 bridgehead atoms. The zero-order valence-corrected chi connectivity index (χ0v) is 20.6. The molecule has 1 aliphatic heterocycles. The van der Waals surface area contributed by atoms with Crippen molar-refractivity contribution in [2.24, 2.45) is 0 Å². The van der Waals surface area contributed by atoms with E-state index >= 15 is 0 Å². The second-order valence-corrected chi connectivity index (χ2v) is 8.77. The quantitative estimate of drug-likeness (QED) is 0.168. The highest BCUT2D eigenvalue weighted by atomic mass is 16.5. The van der Waals surface area contributed by atoms with Gasteiger partial charge >= 0.3 is 0 Å². The second kappa shape index (κ2) is 11.6. The van der Waals surface area contributed by atoms with Crippen LogP contribution in [0.1, 0.15) is 48.9 Å². The number of likely N-dealkylation sites (tertiary alicyclic amines) is 1. The van der Waals surface area contributed by atoms with Crippen LogP contribution in [0.3, 0.4) is 0 Å². The number of Topliss-reactive ketones (excluding diaryl/α,β-unsaturated/α-hetero) is 1. The summed E-state index contributed by atoms with van der Waals surface area (Å²) in [5.41, 5.74) is 2.10. The summed E-state index contributed by atoms with van der Waals surface area (Å²) in [7, 11) is 1.58. The average molecular weight is 486 g/mol. The van der Waals surface area contributed by atoms with E-state index in [0.717, 1.165) is 30.4 Å². The molecular formula is C30H31NO5. The van der Waals surface area contributed by atoms with E-state index in [9.17, 15) is 14.7 Å². The monoisotopic (exact) mass is 485 g/mol. The SMILES string of the molecule is CCCCCOc1ccc(/C(O)=C2/C(=O)C(=O)N(Cc3cccc(OC)c3)C2c2ccccc2)cc1. The van der Waals surface area contributed by atoms with Crippen LogP contribution in [0.5, 0.6) is 11.5 Å². The fourth-order valence-electron chi connectivity index (χ4n) is 4.40. The van der Waals surface area contributed by atoms with Crippen LogP contribution in [0.25, 0.3) is 5.76 Å². The van der Waals surface area contributed by atoms with Gasteiger partial charge in [-0.25, -0.2) is 0 Å². The number of carbonyl (C=O) groups is 2. The van der Waals surface area contributed by atoms with Crippen LogP contribution in [0.2, 0.25) is 0 Å². The molecule has 1 aliphatic rings. The molecule has 6 nitrogen and oxygen atoms in total. The largest absolute Gasteiger partial charge is 0.507 e. The van der Waals surface area contributed by atoms with Crippen molar-refractivity contribution in [2.75, 3.05) is 13.7 Å². The Hall–Kier alpha value is -4.06. The minimum absolute atomic E-state index is 0.0747. The van der Waals surface area contributed by atoms with E-state index in [2.05, 4.69) is 6.92 Å². The van der Waals surface area contributed by atoms with Crippen molar-refractivity contribution in [3.63, 3.8) is 0 Å². The Balaban J connectivity index is 1.68. The van der Waals surface area contributed by atoms with E-state index in [1.165, 1.54) is 4.90 Å². The molecule has 0 radical (unpaired) electrons. The molecule has 4 rings (SSSR count). The van der Waals surface area contributed by atoms with Crippen molar-refractivity contribution in [1.29, 1.82) is 0 Å². The number of amides is 1. The summed E-state index contributed by atoms with van der Waals surface area (Å²) in [5.74, 6) is -0.195. The van der Waals surface area contributed by atoms with Crippen LogP contribution in [-0.2, 0) is 16.1 Å². The summed E-state index contributed by atoms with van der Waals surface area (Å²) >= 11 is 0. The van der Waals surface area contributed by atoms with Crippen molar-refractivity contribution in [1.82, 2.24) is 4.90 Å². The zero-order chi connectivity index (χ0) is 25.5. The van der Waals surface area contributed by atoms with Crippen molar-refractivity contribution in [3.8, 4) is 11.5 Å². The molecule has 0 spiro atoms. The van der Waals surface area contributed by atoms with E-state index in [1.807, 2.05) is 54.6 Å². The maximum Gasteiger partial charge on any atom is 0.295 e. The summed E-state index contributed by atoms with van der Waals surface area (Å²) in [6.07, 6.45) is 3.20. The number of benzene rings is 3. The number of rotatable bonds is 10. The van der Waals surface area contributed by atoms with Gasteiger partial charge in [0.1, 0.15) is 17.3 Å². The number of ether oxygens (including phenoxy) is 2. The second-order valence-electron chi connectivity index (χ2n) is 8.77. The molecule has 3 aromatic rings. The molecule has 1 N–H and O–H groups in total. The predicted molar refractivity (Wildman–Crippen MR) is 139 cm³/mol. The molecule has 1 heterocycles. The zero-order valence-electron chi connectivity index (χ0n) is 20.6. The Morgan fingerprint density at radius 3 is 2.36 bits per heavy atom. The molecule has 3 aromatic carbocycles. The lowest BCUT2D eigenvalue weighted by Crippen LogP contribution is -2.29. The molecule has 6 heteroatoms. The highest BCUT2D eigenvalue weighted by molar-refractivity contribution is 6.46. The third-order valence-corrected chi connectivity index (χ3v) is 6.29. The summed E-state index contributed by atoms with van der Waals surface area (Å²) < 4.78 is 11.1. The summed E-state index contributed by atoms with van der Waals surface area (Å²) in [4.78, 5) is 27.9. The topological polar surface area (TPSA) is 76.1 Å². The van der Waals surface area contributed by atoms with Crippen LogP contribution in [0.4, 0.5) is 0 Å². The number of methoxy groups -OCH3 is 1. The van der Waals surface area contributed by atoms with Crippen LogP contribution in [-0.4, -0.2) is 35.4 Å². The van der Waals surface area contributed by atoms with Crippen LogP contribution >= 0.6 is 0 Å². The summed E-state index contributed by atoms with van der Waals surface area (Å²) in [6.45, 7) is 2.96. The molecule has 0 aliphatic carbocycles. The highest BCUT2D eigenvalue weighted by Gasteiger charge is 2.46. The third-order valence-electron chi connectivity index (χ3n) is 6.29. The van der Waals surface area contributed by atoms with Gasteiger partial charge in [0.25, 0.3) is 11.7 Å².